The highest BCUT2D eigenvalue weighted by atomic mass is 32.1. The molecule has 0 aliphatic heterocycles. The van der Waals surface area contributed by atoms with Crippen molar-refractivity contribution in [2.45, 2.75) is 77.9 Å². The van der Waals surface area contributed by atoms with Gasteiger partial charge in [-0.15, -0.1) is 0 Å². The number of fused-ring (bicyclic) bond motifs is 2. The fraction of sp³-hybridized carbons (Fsp3) is 0.391. The molecule has 57 heavy (non-hydrogen) atoms. The second-order valence-electron chi connectivity index (χ2n) is 17.7. The number of ether oxygens (including phenoxy) is 1. The van der Waals surface area contributed by atoms with Crippen LogP contribution in [0.25, 0.3) is 43.4 Å². The summed E-state index contributed by atoms with van der Waals surface area (Å²) in [6.45, 7) is 14.1. The summed E-state index contributed by atoms with van der Waals surface area (Å²) in [5, 5.41) is 24.0. The van der Waals surface area contributed by atoms with E-state index < -0.39 is 5.97 Å². The quantitative estimate of drug-likeness (QED) is 0.0988. The average molecular weight is 782 g/mol. The number of carbonyl (C=O) groups is 2. The number of hydrogen-bond acceptors (Lipinski definition) is 8. The minimum atomic E-state index is -1.11. The molecule has 3 N–H and O–H groups in total. The van der Waals surface area contributed by atoms with Crippen molar-refractivity contribution in [1.29, 1.82) is 0 Å². The number of carboxylic acid groups (broad SMARTS) is 1. The Morgan fingerprint density at radius 3 is 2.49 bits per heavy atom. The highest BCUT2D eigenvalue weighted by Crippen LogP contribution is 2.72. The van der Waals surface area contributed by atoms with Crippen molar-refractivity contribution < 1.29 is 19.4 Å². The van der Waals surface area contributed by atoms with E-state index in [1.807, 2.05) is 73.7 Å². The van der Waals surface area contributed by atoms with Gasteiger partial charge in [0.2, 0.25) is 0 Å². The van der Waals surface area contributed by atoms with E-state index in [2.05, 4.69) is 41.1 Å². The normalized spacial score (nSPS) is 25.1. The molecule has 4 saturated carbocycles. The predicted molar refractivity (Wildman–Crippen MR) is 226 cm³/mol. The second-order valence-corrected chi connectivity index (χ2v) is 18.7. The van der Waals surface area contributed by atoms with E-state index in [0.717, 1.165) is 90.4 Å². The summed E-state index contributed by atoms with van der Waals surface area (Å²) in [4.78, 5) is 35.8. The Kier molecular flexibility index (Phi) is 9.33. The number of amides is 1. The van der Waals surface area contributed by atoms with E-state index >= 15 is 0 Å². The predicted octanol–water partition coefficient (Wildman–Crippen LogP) is 9.58. The highest BCUT2D eigenvalue weighted by molar-refractivity contribution is 7.22. The van der Waals surface area contributed by atoms with Gasteiger partial charge in [-0.05, 0) is 122 Å². The van der Waals surface area contributed by atoms with Crippen LogP contribution in [0, 0.1) is 30.1 Å². The van der Waals surface area contributed by atoms with Crippen molar-refractivity contribution in [2.75, 3.05) is 25.0 Å². The van der Waals surface area contributed by atoms with Gasteiger partial charge < -0.3 is 15.2 Å². The summed E-state index contributed by atoms with van der Waals surface area (Å²) >= 11 is 1.43. The summed E-state index contributed by atoms with van der Waals surface area (Å²) in [6.07, 6.45) is 9.40. The van der Waals surface area contributed by atoms with E-state index in [-0.39, 0.29) is 33.4 Å². The van der Waals surface area contributed by atoms with Crippen molar-refractivity contribution in [1.82, 2.24) is 25.1 Å². The lowest BCUT2D eigenvalue weighted by Gasteiger charge is -2.69. The van der Waals surface area contributed by atoms with E-state index in [4.69, 9.17) is 14.8 Å². The van der Waals surface area contributed by atoms with Crippen LogP contribution < -0.4 is 10.6 Å². The van der Waals surface area contributed by atoms with Gasteiger partial charge in [-0.3, -0.25) is 14.8 Å². The van der Waals surface area contributed by atoms with Crippen molar-refractivity contribution in [2.24, 2.45) is 16.2 Å². The molecule has 4 bridgehead atoms. The molecule has 6 aromatic rings. The van der Waals surface area contributed by atoms with Gasteiger partial charge in [0.15, 0.2) is 10.8 Å². The number of carboxylic acids is 1. The number of hydrogen-bond donors (Lipinski definition) is 3. The van der Waals surface area contributed by atoms with Crippen LogP contribution in [0.5, 0.6) is 0 Å². The third-order valence-electron chi connectivity index (χ3n) is 12.6. The molecule has 11 heteroatoms. The summed E-state index contributed by atoms with van der Waals surface area (Å²) < 4.78 is 9.94. The van der Waals surface area contributed by atoms with Crippen LogP contribution >= 0.6 is 11.3 Å². The molecule has 2 unspecified atom stereocenters. The SMILES string of the molecule is [CH2]CCNCCOC12CC3(C)CC(C)(CC(Cn4ncc(-c5ccc(-c6ccc7cccc(C(=O)Nc8nc9ccccc9s8)c7c6)nc5C(=O)O)c4C)(C3)C1)C2. The van der Waals surface area contributed by atoms with Gasteiger partial charge >= 0.3 is 5.97 Å². The number of aromatic nitrogens is 4. The largest absolute Gasteiger partial charge is 0.476 e. The fourth-order valence-corrected chi connectivity index (χ4v) is 12.5. The number of pyridine rings is 1. The van der Waals surface area contributed by atoms with Gasteiger partial charge in [0.25, 0.3) is 5.91 Å². The number of rotatable bonds is 13. The maximum Gasteiger partial charge on any atom is 0.355 e. The third-order valence-corrected chi connectivity index (χ3v) is 13.6. The molecule has 0 spiro atoms. The summed E-state index contributed by atoms with van der Waals surface area (Å²) in [7, 11) is 0. The summed E-state index contributed by atoms with van der Waals surface area (Å²) in [6, 6.07) is 22.8. The third kappa shape index (κ3) is 7.04. The molecule has 2 atom stereocenters. The summed E-state index contributed by atoms with van der Waals surface area (Å²) in [5.74, 6) is -1.38. The molecule has 1 radical (unpaired) electrons. The second kappa shape index (κ2) is 14.1. The maximum absolute atomic E-state index is 13.6. The van der Waals surface area contributed by atoms with Gasteiger partial charge in [-0.1, -0.05) is 68.5 Å². The Hall–Kier alpha value is -4.97. The number of para-hydroxylation sites is 1. The minimum absolute atomic E-state index is 0.0354. The molecule has 1 amide bonds. The van der Waals surface area contributed by atoms with Crippen molar-refractivity contribution in [3.05, 3.63) is 103 Å². The first-order chi connectivity index (χ1) is 27.4. The number of thiazole rings is 1. The highest BCUT2D eigenvalue weighted by Gasteiger charge is 2.66. The smallest absolute Gasteiger partial charge is 0.355 e. The van der Waals surface area contributed by atoms with E-state index in [9.17, 15) is 14.7 Å². The Morgan fingerprint density at radius 2 is 1.72 bits per heavy atom. The first-order valence-electron chi connectivity index (χ1n) is 20.0. The average Bonchev–Trinajstić information content (AvgIpc) is 3.74. The number of nitrogens with one attached hydrogen (secondary N) is 2. The lowest BCUT2D eigenvalue weighted by Crippen LogP contribution is -2.64. The van der Waals surface area contributed by atoms with Gasteiger partial charge in [0.1, 0.15) is 0 Å². The topological polar surface area (TPSA) is 131 Å². The molecule has 3 aromatic carbocycles. The Balaban J connectivity index is 0.986. The lowest BCUT2D eigenvalue weighted by atomic mass is 9.39. The molecule has 4 fully saturated rings. The standard InChI is InChI=1S/C46H49N6O4S/c1-5-17-47-18-19-56-46-25-43(3)22-44(4,26-46)24-45(23-43,27-46)28-52-29(2)35(21-48-52)32-15-16-36(49-39(32)41(54)55)31-14-13-30-9-8-10-33(34(30)20-31)40(53)51-42-50-37-11-6-7-12-38(37)57-42/h6-16,20-21,47H,1,5,17-19,22-28H2,2-4H3,(H,54,55)(H,50,51,53). The van der Waals surface area contributed by atoms with Gasteiger partial charge in [0.05, 0.1) is 34.3 Å². The van der Waals surface area contributed by atoms with E-state index in [1.54, 1.807) is 12.3 Å². The zero-order valence-electron chi connectivity index (χ0n) is 32.9. The van der Waals surface area contributed by atoms with Crippen molar-refractivity contribution in [3.8, 4) is 22.4 Å². The molecular formula is C46H49N6O4S. The number of carbonyl (C=O) groups excluding carboxylic acids is 1. The molecule has 0 saturated heterocycles. The first kappa shape index (κ1) is 37.6. The monoisotopic (exact) mass is 781 g/mol. The minimum Gasteiger partial charge on any atom is -0.476 e. The molecule has 10 nitrogen and oxygen atoms in total. The van der Waals surface area contributed by atoms with Crippen LogP contribution in [0.15, 0.2) is 79.0 Å². The van der Waals surface area contributed by atoms with Crippen LogP contribution in [-0.2, 0) is 11.3 Å². The molecule has 3 heterocycles. The number of anilines is 1. The Morgan fingerprint density at radius 1 is 0.912 bits per heavy atom. The fourth-order valence-electron chi connectivity index (χ4n) is 11.6. The Bertz CT molecular complexity index is 2490. The first-order valence-corrected chi connectivity index (χ1v) is 20.8. The molecule has 10 rings (SSSR count). The number of aromatic carboxylic acids is 1. The number of nitrogens with zero attached hydrogens (tertiary/aromatic N) is 4. The maximum atomic E-state index is 13.6. The molecule has 293 valence electrons. The molecule has 4 aliphatic carbocycles. The van der Waals surface area contributed by atoms with E-state index in [1.165, 1.54) is 17.8 Å². The number of benzene rings is 3. The van der Waals surface area contributed by atoms with Crippen LogP contribution in [0.1, 0.15) is 85.3 Å². The van der Waals surface area contributed by atoms with Gasteiger partial charge in [-0.25, -0.2) is 14.8 Å². The van der Waals surface area contributed by atoms with Crippen LogP contribution in [0.3, 0.4) is 0 Å². The van der Waals surface area contributed by atoms with Crippen molar-refractivity contribution in [3.63, 3.8) is 0 Å². The van der Waals surface area contributed by atoms with Gasteiger partial charge in [0, 0.05) is 41.0 Å². The van der Waals surface area contributed by atoms with Gasteiger partial charge in [-0.2, -0.15) is 5.10 Å². The van der Waals surface area contributed by atoms with Crippen LogP contribution in [-0.4, -0.2) is 62.0 Å². The molecule has 4 aliphatic rings. The van der Waals surface area contributed by atoms with E-state index in [0.29, 0.717) is 34.1 Å². The summed E-state index contributed by atoms with van der Waals surface area (Å²) in [5.41, 5.74) is 5.09. The van der Waals surface area contributed by atoms with Crippen LogP contribution in [0.2, 0.25) is 0 Å². The zero-order valence-corrected chi connectivity index (χ0v) is 33.7. The van der Waals surface area contributed by atoms with Crippen LogP contribution in [0.4, 0.5) is 5.13 Å². The van der Waals surface area contributed by atoms with Crippen molar-refractivity contribution >= 4 is 49.3 Å². The Labute approximate surface area is 337 Å². The molecule has 3 aromatic heterocycles. The lowest BCUT2D eigenvalue weighted by molar-refractivity contribution is -0.247. The molecular weight excluding hydrogens is 733 g/mol. The zero-order chi connectivity index (χ0) is 39.6.